The molecule has 0 saturated carbocycles. The smallest absolute Gasteiger partial charge is 0.373 e. The lowest BCUT2D eigenvalue weighted by molar-refractivity contribution is 0.0658. The molecule has 0 bridgehead atoms. The molecule has 1 saturated heterocycles. The van der Waals surface area contributed by atoms with Gasteiger partial charge in [-0.05, 0) is 39.8 Å². The van der Waals surface area contributed by atoms with Crippen LogP contribution in [0.5, 0.6) is 0 Å². The van der Waals surface area contributed by atoms with Crippen molar-refractivity contribution in [1.82, 2.24) is 9.88 Å². The number of aromatic nitrogens is 1. The van der Waals surface area contributed by atoms with Crippen molar-refractivity contribution in [2.45, 2.75) is 38.6 Å². The van der Waals surface area contributed by atoms with Gasteiger partial charge in [-0.3, -0.25) is 0 Å². The lowest BCUT2D eigenvalue weighted by atomic mass is 9.96. The third-order valence-corrected chi connectivity index (χ3v) is 3.34. The number of carbonyl (C=O) groups is 1. The molecule has 0 aromatic carbocycles. The average molecular weight is 238 g/mol. The minimum Gasteiger partial charge on any atom is -0.475 e. The summed E-state index contributed by atoms with van der Waals surface area (Å²) in [7, 11) is 0. The van der Waals surface area contributed by atoms with Gasteiger partial charge in [-0.25, -0.2) is 9.78 Å². The topological polar surface area (TPSA) is 66.6 Å². The molecule has 1 aromatic heterocycles. The molecule has 1 N–H and O–H groups in total. The van der Waals surface area contributed by atoms with Crippen molar-refractivity contribution in [1.29, 1.82) is 0 Å². The molecular formula is C12H18N2O3. The normalized spacial score (nSPS) is 18.8. The van der Waals surface area contributed by atoms with E-state index in [1.165, 1.54) is 6.20 Å². The fourth-order valence-electron chi connectivity index (χ4n) is 2.24. The molecule has 5 heteroatoms. The van der Waals surface area contributed by atoms with Gasteiger partial charge in [0.15, 0.2) is 5.89 Å². The predicted molar refractivity (Wildman–Crippen MR) is 62.1 cm³/mol. The summed E-state index contributed by atoms with van der Waals surface area (Å²) in [6.45, 7) is 6.42. The fourth-order valence-corrected chi connectivity index (χ4v) is 2.24. The minimum atomic E-state index is -1.05. The van der Waals surface area contributed by atoms with Gasteiger partial charge in [0.25, 0.3) is 0 Å². The Morgan fingerprint density at radius 1 is 1.53 bits per heavy atom. The van der Waals surface area contributed by atoms with Crippen LogP contribution in [0.1, 0.15) is 49.1 Å². The van der Waals surface area contributed by atoms with Crippen LogP contribution in [0.25, 0.3) is 0 Å². The molecule has 0 unspecified atom stereocenters. The first-order valence-electron chi connectivity index (χ1n) is 6.01. The van der Waals surface area contributed by atoms with Crippen molar-refractivity contribution >= 4 is 5.97 Å². The Balaban J connectivity index is 1.98. The molecule has 2 heterocycles. The van der Waals surface area contributed by atoms with Gasteiger partial charge in [0.05, 0.1) is 6.20 Å². The number of nitrogens with zero attached hydrogens (tertiary/aromatic N) is 2. The summed E-state index contributed by atoms with van der Waals surface area (Å²) in [5, 5.41) is 8.77. The number of carboxylic acid groups (broad SMARTS) is 1. The van der Waals surface area contributed by atoms with Gasteiger partial charge in [0.1, 0.15) is 0 Å². The summed E-state index contributed by atoms with van der Waals surface area (Å²) in [4.78, 5) is 17.2. The van der Waals surface area contributed by atoms with Crippen LogP contribution in [0.3, 0.4) is 0 Å². The highest BCUT2D eigenvalue weighted by molar-refractivity contribution is 5.83. The first-order chi connectivity index (χ1) is 8.08. The summed E-state index contributed by atoms with van der Waals surface area (Å²) in [6, 6.07) is 0.565. The molecule has 1 fully saturated rings. The molecule has 2 rings (SSSR count). The Hall–Kier alpha value is -1.36. The maximum absolute atomic E-state index is 10.7. The van der Waals surface area contributed by atoms with E-state index in [0.717, 1.165) is 25.9 Å². The molecule has 0 aliphatic carbocycles. The largest absolute Gasteiger partial charge is 0.475 e. The Morgan fingerprint density at radius 2 is 2.18 bits per heavy atom. The van der Waals surface area contributed by atoms with Crippen molar-refractivity contribution < 1.29 is 14.3 Å². The Labute approximate surface area is 100 Å². The number of hydrogen-bond acceptors (Lipinski definition) is 4. The average Bonchev–Trinajstić information content (AvgIpc) is 2.78. The predicted octanol–water partition coefficient (Wildman–Crippen LogP) is 1.96. The van der Waals surface area contributed by atoms with E-state index in [1.807, 2.05) is 0 Å². The van der Waals surface area contributed by atoms with E-state index in [-0.39, 0.29) is 11.7 Å². The molecule has 0 radical (unpaired) electrons. The molecule has 0 atom stereocenters. The number of aromatic carboxylic acids is 1. The monoisotopic (exact) mass is 238 g/mol. The van der Waals surface area contributed by atoms with E-state index >= 15 is 0 Å². The van der Waals surface area contributed by atoms with Crippen LogP contribution in [-0.4, -0.2) is 40.1 Å². The summed E-state index contributed by atoms with van der Waals surface area (Å²) in [5.74, 6) is -0.279. The van der Waals surface area contributed by atoms with E-state index in [0.29, 0.717) is 11.9 Å². The first kappa shape index (κ1) is 12.1. The van der Waals surface area contributed by atoms with Crippen LogP contribution < -0.4 is 0 Å². The molecule has 0 amide bonds. The zero-order valence-electron chi connectivity index (χ0n) is 10.2. The molecule has 0 spiro atoms. The zero-order chi connectivity index (χ0) is 12.4. The number of carboxylic acids is 1. The van der Waals surface area contributed by atoms with Crippen LogP contribution in [0, 0.1) is 0 Å². The molecule has 1 aliphatic heterocycles. The number of rotatable bonds is 3. The summed E-state index contributed by atoms with van der Waals surface area (Å²) in [6.07, 6.45) is 3.27. The van der Waals surface area contributed by atoms with Gasteiger partial charge in [-0.2, -0.15) is 0 Å². The van der Waals surface area contributed by atoms with E-state index in [1.54, 1.807) is 0 Å². The van der Waals surface area contributed by atoms with E-state index in [4.69, 9.17) is 9.52 Å². The summed E-state index contributed by atoms with van der Waals surface area (Å²) < 4.78 is 5.25. The number of hydrogen-bond donors (Lipinski definition) is 1. The van der Waals surface area contributed by atoms with Crippen LogP contribution >= 0.6 is 0 Å². The molecule has 5 nitrogen and oxygen atoms in total. The number of likely N-dealkylation sites (tertiary alicyclic amines) is 1. The van der Waals surface area contributed by atoms with Crippen LogP contribution in [-0.2, 0) is 0 Å². The standard InChI is InChI=1S/C12H18N2O3/c1-8(2)14-5-3-9(4-6-14)11-13-7-10(17-11)12(15)16/h7-9H,3-6H2,1-2H3,(H,15,16). The summed E-state index contributed by atoms with van der Waals surface area (Å²) in [5.41, 5.74) is 0. The quantitative estimate of drug-likeness (QED) is 0.871. The van der Waals surface area contributed by atoms with E-state index in [9.17, 15) is 4.79 Å². The van der Waals surface area contributed by atoms with Gasteiger partial charge in [0, 0.05) is 12.0 Å². The van der Waals surface area contributed by atoms with Crippen molar-refractivity contribution in [3.8, 4) is 0 Å². The minimum absolute atomic E-state index is 0.0636. The Kier molecular flexibility index (Phi) is 3.47. The van der Waals surface area contributed by atoms with Gasteiger partial charge in [-0.1, -0.05) is 0 Å². The maximum atomic E-state index is 10.7. The molecule has 94 valence electrons. The maximum Gasteiger partial charge on any atom is 0.373 e. The number of oxazole rings is 1. The highest BCUT2D eigenvalue weighted by atomic mass is 16.4. The van der Waals surface area contributed by atoms with Gasteiger partial charge < -0.3 is 14.4 Å². The third-order valence-electron chi connectivity index (χ3n) is 3.34. The second-order valence-electron chi connectivity index (χ2n) is 4.77. The fraction of sp³-hybridized carbons (Fsp3) is 0.667. The second kappa shape index (κ2) is 4.87. The zero-order valence-corrected chi connectivity index (χ0v) is 10.2. The van der Waals surface area contributed by atoms with Gasteiger partial charge in [-0.15, -0.1) is 0 Å². The van der Waals surface area contributed by atoms with Crippen molar-refractivity contribution in [2.24, 2.45) is 0 Å². The van der Waals surface area contributed by atoms with Crippen molar-refractivity contribution in [3.63, 3.8) is 0 Å². The molecule has 1 aliphatic rings. The lowest BCUT2D eigenvalue weighted by Crippen LogP contribution is -2.37. The molecule has 1 aromatic rings. The van der Waals surface area contributed by atoms with E-state index < -0.39 is 5.97 Å². The van der Waals surface area contributed by atoms with Crippen molar-refractivity contribution in [2.75, 3.05) is 13.1 Å². The second-order valence-corrected chi connectivity index (χ2v) is 4.77. The highest BCUT2D eigenvalue weighted by Gasteiger charge is 2.26. The van der Waals surface area contributed by atoms with Crippen LogP contribution in [0.2, 0.25) is 0 Å². The third kappa shape index (κ3) is 2.66. The Morgan fingerprint density at radius 3 is 2.65 bits per heavy atom. The van der Waals surface area contributed by atoms with Gasteiger partial charge in [0.2, 0.25) is 5.76 Å². The lowest BCUT2D eigenvalue weighted by Gasteiger charge is -2.33. The summed E-state index contributed by atoms with van der Waals surface area (Å²) >= 11 is 0. The van der Waals surface area contributed by atoms with E-state index in [2.05, 4.69) is 23.7 Å². The molecular weight excluding hydrogens is 220 g/mol. The van der Waals surface area contributed by atoms with Crippen LogP contribution in [0.15, 0.2) is 10.6 Å². The molecule has 17 heavy (non-hydrogen) atoms. The van der Waals surface area contributed by atoms with Crippen molar-refractivity contribution in [3.05, 3.63) is 17.8 Å². The van der Waals surface area contributed by atoms with Gasteiger partial charge >= 0.3 is 5.97 Å². The SMILES string of the molecule is CC(C)N1CCC(c2ncc(C(=O)O)o2)CC1. The highest BCUT2D eigenvalue weighted by Crippen LogP contribution is 2.28. The first-order valence-corrected chi connectivity index (χ1v) is 6.01. The Bertz CT molecular complexity index is 392. The number of piperidine rings is 1. The van der Waals surface area contributed by atoms with Crippen LogP contribution in [0.4, 0.5) is 0 Å².